The molecular weight excluding hydrogens is 330 g/mol. The maximum atomic E-state index is 12.3. The lowest BCUT2D eigenvalue weighted by Crippen LogP contribution is -2.32. The van der Waals surface area contributed by atoms with E-state index in [0.717, 1.165) is 40.7 Å². The summed E-state index contributed by atoms with van der Waals surface area (Å²) in [7, 11) is 0. The summed E-state index contributed by atoms with van der Waals surface area (Å²) in [5.74, 6) is 1.03. The number of carbonyl (C=O) groups excluding carboxylic acids is 1. The number of carbonyl (C=O) groups is 1. The van der Waals surface area contributed by atoms with Crippen molar-refractivity contribution in [1.29, 1.82) is 0 Å². The first-order valence-corrected chi connectivity index (χ1v) is 10.3. The molecule has 5 heteroatoms. The molecule has 1 fully saturated rings. The van der Waals surface area contributed by atoms with E-state index in [1.54, 1.807) is 11.3 Å². The van der Waals surface area contributed by atoms with Gasteiger partial charge in [0.05, 0.1) is 10.2 Å². The second-order valence-corrected chi connectivity index (χ2v) is 8.31. The first kappa shape index (κ1) is 18.3. The number of amides is 1. The Morgan fingerprint density at radius 3 is 2.72 bits per heavy atom. The number of likely N-dealkylation sites (tertiary alicyclic amines) is 1. The van der Waals surface area contributed by atoms with Crippen molar-refractivity contribution in [3.8, 4) is 0 Å². The van der Waals surface area contributed by atoms with E-state index in [0.29, 0.717) is 0 Å². The zero-order chi connectivity index (χ0) is 17.8. The van der Waals surface area contributed by atoms with Gasteiger partial charge in [-0.2, -0.15) is 0 Å². The topological polar surface area (TPSA) is 45.2 Å². The van der Waals surface area contributed by atoms with Crippen molar-refractivity contribution in [2.45, 2.75) is 53.0 Å². The third-order valence-corrected chi connectivity index (χ3v) is 6.26. The highest BCUT2D eigenvalue weighted by molar-refractivity contribution is 7.22. The van der Waals surface area contributed by atoms with E-state index in [2.05, 4.69) is 54.2 Å². The number of hydrogen-bond acceptors (Lipinski definition) is 4. The van der Waals surface area contributed by atoms with Crippen molar-refractivity contribution >= 4 is 32.6 Å². The predicted octanol–water partition coefficient (Wildman–Crippen LogP) is 4.90. The number of piperidine rings is 1. The fraction of sp³-hybridized carbons (Fsp3) is 0.600. The molecule has 0 spiro atoms. The van der Waals surface area contributed by atoms with Crippen LogP contribution in [0.2, 0.25) is 0 Å². The Bertz CT molecular complexity index is 715. The number of anilines is 1. The maximum absolute atomic E-state index is 12.3. The predicted molar refractivity (Wildman–Crippen MR) is 106 cm³/mol. The van der Waals surface area contributed by atoms with Crippen LogP contribution in [0.3, 0.4) is 0 Å². The van der Waals surface area contributed by atoms with Crippen molar-refractivity contribution in [3.63, 3.8) is 0 Å². The Hall–Kier alpha value is -1.46. The van der Waals surface area contributed by atoms with E-state index in [1.165, 1.54) is 31.5 Å². The van der Waals surface area contributed by atoms with Crippen LogP contribution in [-0.4, -0.2) is 28.9 Å². The van der Waals surface area contributed by atoms with E-state index in [-0.39, 0.29) is 11.8 Å². The summed E-state index contributed by atoms with van der Waals surface area (Å²) >= 11 is 1.58. The number of hydrogen-bond donors (Lipinski definition) is 1. The molecule has 1 aliphatic heterocycles. The fourth-order valence-electron chi connectivity index (χ4n) is 3.47. The van der Waals surface area contributed by atoms with Crippen LogP contribution in [-0.2, 0) is 11.3 Å². The van der Waals surface area contributed by atoms with E-state index >= 15 is 0 Å². The quantitative estimate of drug-likeness (QED) is 0.797. The van der Waals surface area contributed by atoms with Gasteiger partial charge in [-0.3, -0.25) is 9.69 Å². The summed E-state index contributed by atoms with van der Waals surface area (Å²) < 4.78 is 1.16. The van der Waals surface area contributed by atoms with Crippen LogP contribution < -0.4 is 5.32 Å². The van der Waals surface area contributed by atoms with Gasteiger partial charge in [0.2, 0.25) is 5.91 Å². The summed E-state index contributed by atoms with van der Waals surface area (Å²) in [6.07, 6.45) is 4.33. The Morgan fingerprint density at radius 2 is 2.04 bits per heavy atom. The monoisotopic (exact) mass is 359 g/mol. The van der Waals surface area contributed by atoms with E-state index in [4.69, 9.17) is 0 Å². The van der Waals surface area contributed by atoms with Crippen molar-refractivity contribution < 1.29 is 4.79 Å². The van der Waals surface area contributed by atoms with Gasteiger partial charge in [-0.15, -0.1) is 0 Å². The molecule has 3 rings (SSSR count). The van der Waals surface area contributed by atoms with E-state index in [1.807, 2.05) is 0 Å². The van der Waals surface area contributed by atoms with Crippen LogP contribution in [0, 0.1) is 11.8 Å². The van der Waals surface area contributed by atoms with Gasteiger partial charge < -0.3 is 5.32 Å². The number of nitrogens with one attached hydrogen (secondary N) is 1. The van der Waals surface area contributed by atoms with E-state index in [9.17, 15) is 4.79 Å². The first-order valence-electron chi connectivity index (χ1n) is 9.51. The number of aromatic nitrogens is 1. The molecule has 0 atom stereocenters. The van der Waals surface area contributed by atoms with Crippen LogP contribution in [0.15, 0.2) is 18.2 Å². The zero-order valence-electron chi connectivity index (χ0n) is 15.5. The molecule has 136 valence electrons. The molecule has 0 saturated carbocycles. The molecule has 1 aromatic carbocycles. The molecule has 0 aliphatic carbocycles. The van der Waals surface area contributed by atoms with Crippen LogP contribution in [0.1, 0.15) is 52.0 Å². The smallest absolute Gasteiger partial charge is 0.229 e. The summed E-state index contributed by atoms with van der Waals surface area (Å²) in [6, 6.07) is 6.49. The number of nitrogens with zero attached hydrogens (tertiary/aromatic N) is 2. The highest BCUT2D eigenvalue weighted by Gasteiger charge is 2.17. The highest BCUT2D eigenvalue weighted by Crippen LogP contribution is 2.28. The lowest BCUT2D eigenvalue weighted by Gasteiger charge is -2.30. The minimum atomic E-state index is 0.0732. The molecule has 0 radical (unpaired) electrons. The molecule has 1 aromatic heterocycles. The molecule has 2 aromatic rings. The Balaban J connectivity index is 1.68. The molecule has 1 N–H and O–H groups in total. The van der Waals surface area contributed by atoms with Crippen molar-refractivity contribution in [2.75, 3.05) is 18.4 Å². The van der Waals surface area contributed by atoms with Gasteiger partial charge in [-0.05, 0) is 62.4 Å². The number of benzene rings is 1. The normalized spacial score (nSPS) is 16.6. The SMILES string of the molecule is CCC(CC)C(=O)Nc1nc2ccc(CN3CCC(C)CC3)cc2s1. The Morgan fingerprint density at radius 1 is 1.32 bits per heavy atom. The molecule has 0 unspecified atom stereocenters. The van der Waals surface area contributed by atoms with Gasteiger partial charge in [0.15, 0.2) is 5.13 Å². The van der Waals surface area contributed by atoms with Crippen LogP contribution in [0.25, 0.3) is 10.2 Å². The summed E-state index contributed by atoms with van der Waals surface area (Å²) in [4.78, 5) is 19.4. The highest BCUT2D eigenvalue weighted by atomic mass is 32.1. The maximum Gasteiger partial charge on any atom is 0.229 e. The minimum absolute atomic E-state index is 0.0732. The standard InChI is InChI=1S/C20H29N3OS/c1-4-16(5-2)19(24)22-20-21-17-7-6-15(12-18(17)25-20)13-23-10-8-14(3)9-11-23/h6-7,12,14,16H,4-5,8-11,13H2,1-3H3,(H,21,22,24). The van der Waals surface area contributed by atoms with Crippen LogP contribution in [0.5, 0.6) is 0 Å². The number of fused-ring (bicyclic) bond motifs is 1. The molecule has 1 aliphatic rings. The molecule has 2 heterocycles. The largest absolute Gasteiger partial charge is 0.302 e. The van der Waals surface area contributed by atoms with Gasteiger partial charge >= 0.3 is 0 Å². The fourth-order valence-corrected chi connectivity index (χ4v) is 4.40. The lowest BCUT2D eigenvalue weighted by atomic mass is 9.99. The Kier molecular flexibility index (Phi) is 6.07. The second kappa shape index (κ2) is 8.28. The molecule has 0 bridgehead atoms. The minimum Gasteiger partial charge on any atom is -0.302 e. The third kappa shape index (κ3) is 4.59. The molecular formula is C20H29N3OS. The first-order chi connectivity index (χ1) is 12.1. The van der Waals surface area contributed by atoms with Gasteiger partial charge in [0.25, 0.3) is 0 Å². The number of thiazole rings is 1. The van der Waals surface area contributed by atoms with Gasteiger partial charge in [0.1, 0.15) is 0 Å². The van der Waals surface area contributed by atoms with Crippen LogP contribution in [0.4, 0.5) is 5.13 Å². The van der Waals surface area contributed by atoms with Crippen molar-refractivity contribution in [1.82, 2.24) is 9.88 Å². The summed E-state index contributed by atoms with van der Waals surface area (Å²) in [5.41, 5.74) is 2.31. The second-order valence-electron chi connectivity index (χ2n) is 7.28. The van der Waals surface area contributed by atoms with Gasteiger partial charge in [0, 0.05) is 12.5 Å². The van der Waals surface area contributed by atoms with Crippen molar-refractivity contribution in [2.24, 2.45) is 11.8 Å². The zero-order valence-corrected chi connectivity index (χ0v) is 16.4. The average Bonchev–Trinajstić information content (AvgIpc) is 2.99. The van der Waals surface area contributed by atoms with Gasteiger partial charge in [-0.25, -0.2) is 4.98 Å². The molecule has 25 heavy (non-hydrogen) atoms. The van der Waals surface area contributed by atoms with Crippen LogP contribution >= 0.6 is 11.3 Å². The molecule has 1 saturated heterocycles. The molecule has 1 amide bonds. The molecule has 4 nitrogen and oxygen atoms in total. The third-order valence-electron chi connectivity index (χ3n) is 5.32. The van der Waals surface area contributed by atoms with E-state index < -0.39 is 0 Å². The number of rotatable bonds is 6. The Labute approximate surface area is 154 Å². The summed E-state index contributed by atoms with van der Waals surface area (Å²) in [6.45, 7) is 9.85. The average molecular weight is 360 g/mol. The van der Waals surface area contributed by atoms with Gasteiger partial charge in [-0.1, -0.05) is 38.2 Å². The van der Waals surface area contributed by atoms with Crippen molar-refractivity contribution in [3.05, 3.63) is 23.8 Å². The summed E-state index contributed by atoms with van der Waals surface area (Å²) in [5, 5.41) is 3.72. The lowest BCUT2D eigenvalue weighted by molar-refractivity contribution is -0.120.